The van der Waals surface area contributed by atoms with E-state index in [1.165, 1.54) is 0 Å². The van der Waals surface area contributed by atoms with Crippen LogP contribution in [0, 0.1) is 5.92 Å². The van der Waals surface area contributed by atoms with Crippen LogP contribution in [0.2, 0.25) is 0 Å². The summed E-state index contributed by atoms with van der Waals surface area (Å²) >= 11 is 0. The molecule has 0 fully saturated rings. The number of ether oxygens (including phenoxy) is 2. The van der Waals surface area contributed by atoms with Crippen molar-refractivity contribution in [1.29, 1.82) is 0 Å². The molecule has 1 aliphatic rings. The van der Waals surface area contributed by atoms with Crippen LogP contribution in [0.1, 0.15) is 61.5 Å². The first-order valence-electron chi connectivity index (χ1n) is 10.8. The molecule has 0 amide bonds. The third kappa shape index (κ3) is 6.90. The van der Waals surface area contributed by atoms with Gasteiger partial charge < -0.3 is 14.6 Å². The first-order valence-corrected chi connectivity index (χ1v) is 10.8. The van der Waals surface area contributed by atoms with E-state index in [-0.39, 0.29) is 5.78 Å². The maximum atomic E-state index is 11.9. The minimum atomic E-state index is -0.786. The maximum Gasteiger partial charge on any atom is 0.306 e. The number of hydrogen-bond acceptors (Lipinski definition) is 4. The lowest BCUT2D eigenvalue weighted by molar-refractivity contribution is -0.141. The van der Waals surface area contributed by atoms with Gasteiger partial charge in [-0.15, -0.1) is 0 Å². The van der Waals surface area contributed by atoms with E-state index in [0.29, 0.717) is 26.1 Å². The number of fused-ring (bicyclic) bond motifs is 1. The van der Waals surface area contributed by atoms with E-state index >= 15 is 0 Å². The first-order chi connectivity index (χ1) is 14.5. The Morgan fingerprint density at radius 1 is 1.00 bits per heavy atom. The molecule has 0 spiro atoms. The second-order valence-electron chi connectivity index (χ2n) is 7.23. The van der Waals surface area contributed by atoms with Crippen LogP contribution in [0.15, 0.2) is 42.5 Å². The largest absolute Gasteiger partial charge is 0.493 e. The van der Waals surface area contributed by atoms with Crippen molar-refractivity contribution < 1.29 is 24.2 Å². The topological polar surface area (TPSA) is 72.8 Å². The summed E-state index contributed by atoms with van der Waals surface area (Å²) in [6.07, 6.45) is 3.74. The van der Waals surface area contributed by atoms with Crippen molar-refractivity contribution in [2.45, 2.75) is 52.9 Å². The number of carbonyl (C=O) groups excluding carboxylic acids is 1. The molecule has 2 aromatic rings. The summed E-state index contributed by atoms with van der Waals surface area (Å²) in [7, 11) is 0. The Bertz CT molecular complexity index is 826. The number of aliphatic carboxylic acids is 1. The molecule has 162 valence electrons. The van der Waals surface area contributed by atoms with Crippen molar-refractivity contribution in [3.05, 3.63) is 59.2 Å². The smallest absolute Gasteiger partial charge is 0.306 e. The predicted molar refractivity (Wildman–Crippen MR) is 118 cm³/mol. The van der Waals surface area contributed by atoms with Gasteiger partial charge in [-0.1, -0.05) is 32.9 Å². The van der Waals surface area contributed by atoms with E-state index in [2.05, 4.69) is 0 Å². The molecule has 1 aliphatic carbocycles. The summed E-state index contributed by atoms with van der Waals surface area (Å²) in [5.41, 5.74) is 2.90. The predicted octanol–water partition coefficient (Wildman–Crippen LogP) is 5.34. The number of hydrogen-bond donors (Lipinski definition) is 1. The molecule has 3 rings (SSSR count). The van der Waals surface area contributed by atoms with Crippen LogP contribution in [0.5, 0.6) is 11.5 Å². The highest BCUT2D eigenvalue weighted by Gasteiger charge is 2.17. The van der Waals surface area contributed by atoms with Gasteiger partial charge >= 0.3 is 5.97 Å². The van der Waals surface area contributed by atoms with Crippen LogP contribution >= 0.6 is 0 Å². The van der Waals surface area contributed by atoms with E-state index in [4.69, 9.17) is 14.6 Å². The summed E-state index contributed by atoms with van der Waals surface area (Å²) in [4.78, 5) is 22.8. The molecule has 0 aliphatic heterocycles. The van der Waals surface area contributed by atoms with Crippen LogP contribution in [0.25, 0.3) is 0 Å². The molecule has 1 N–H and O–H groups in total. The molecule has 1 atom stereocenters. The number of rotatable bonds is 9. The summed E-state index contributed by atoms with van der Waals surface area (Å²) in [5, 5.41) is 8.97. The third-order valence-corrected chi connectivity index (χ3v) is 4.94. The number of carbonyl (C=O) groups is 2. The van der Waals surface area contributed by atoms with Gasteiger partial charge in [0.1, 0.15) is 11.5 Å². The Balaban J connectivity index is 0.00000155. The number of ketones is 1. The fourth-order valence-corrected chi connectivity index (χ4v) is 3.31. The first kappa shape index (κ1) is 23.5. The quantitative estimate of drug-likeness (QED) is 0.563. The van der Waals surface area contributed by atoms with E-state index in [9.17, 15) is 9.59 Å². The normalized spacial score (nSPS) is 13.5. The molecule has 0 heterocycles. The van der Waals surface area contributed by atoms with E-state index in [0.717, 1.165) is 47.5 Å². The summed E-state index contributed by atoms with van der Waals surface area (Å²) < 4.78 is 11.5. The molecule has 0 aromatic heterocycles. The average Bonchev–Trinajstić information content (AvgIpc) is 2.76. The zero-order chi connectivity index (χ0) is 21.9. The van der Waals surface area contributed by atoms with Gasteiger partial charge in [-0.3, -0.25) is 9.59 Å². The van der Waals surface area contributed by atoms with Gasteiger partial charge in [0.25, 0.3) is 0 Å². The Hall–Kier alpha value is -2.82. The fraction of sp³-hybridized carbons (Fsp3) is 0.440. The maximum absolute atomic E-state index is 11.9. The van der Waals surface area contributed by atoms with Gasteiger partial charge in [-0.05, 0) is 60.7 Å². The SMILES string of the molecule is CC.CC(Cc1ccc(OCCCOc2ccc3c(c2)CCCC3=O)cc1)C(=O)O. The Morgan fingerprint density at radius 3 is 2.30 bits per heavy atom. The lowest BCUT2D eigenvalue weighted by Crippen LogP contribution is -2.12. The van der Waals surface area contributed by atoms with Crippen molar-refractivity contribution in [3.8, 4) is 11.5 Å². The zero-order valence-corrected chi connectivity index (χ0v) is 18.1. The van der Waals surface area contributed by atoms with Crippen LogP contribution in [-0.2, 0) is 17.6 Å². The van der Waals surface area contributed by atoms with Gasteiger partial charge in [0.15, 0.2) is 5.78 Å². The van der Waals surface area contributed by atoms with Crippen molar-refractivity contribution in [3.63, 3.8) is 0 Å². The number of carboxylic acids is 1. The van der Waals surface area contributed by atoms with Crippen molar-refractivity contribution in [2.75, 3.05) is 13.2 Å². The number of Topliss-reactive ketones (excluding diaryl/α,β-unsaturated/α-hetero) is 1. The lowest BCUT2D eigenvalue weighted by atomic mass is 9.91. The highest BCUT2D eigenvalue weighted by molar-refractivity contribution is 5.98. The monoisotopic (exact) mass is 412 g/mol. The highest BCUT2D eigenvalue weighted by Crippen LogP contribution is 2.25. The van der Waals surface area contributed by atoms with Gasteiger partial charge in [0.05, 0.1) is 19.1 Å². The third-order valence-electron chi connectivity index (χ3n) is 4.94. The summed E-state index contributed by atoms with van der Waals surface area (Å²) in [5.74, 6) is 0.602. The highest BCUT2D eigenvalue weighted by atomic mass is 16.5. The van der Waals surface area contributed by atoms with Gasteiger partial charge in [-0.2, -0.15) is 0 Å². The second-order valence-corrected chi connectivity index (χ2v) is 7.23. The molecule has 0 saturated carbocycles. The lowest BCUT2D eigenvalue weighted by Gasteiger charge is -2.16. The van der Waals surface area contributed by atoms with Crippen LogP contribution < -0.4 is 9.47 Å². The standard InChI is InChI=1S/C23H26O5.C2H6/c1-16(23(25)26)14-17-6-8-19(9-7-17)27-12-3-13-28-20-10-11-21-18(15-20)4-2-5-22(21)24;1-2/h6-11,15-16H,2-5,12-14H2,1H3,(H,25,26);1-2H3. The number of carboxylic acid groups (broad SMARTS) is 1. The van der Waals surface area contributed by atoms with E-state index in [1.807, 2.05) is 56.3 Å². The molecular weight excluding hydrogens is 380 g/mol. The molecule has 2 aromatic carbocycles. The molecule has 30 heavy (non-hydrogen) atoms. The molecule has 1 unspecified atom stereocenters. The minimum absolute atomic E-state index is 0.227. The Kier molecular flexibility index (Phi) is 9.39. The summed E-state index contributed by atoms with van der Waals surface area (Å²) in [6.45, 7) is 6.78. The van der Waals surface area contributed by atoms with E-state index in [1.54, 1.807) is 6.92 Å². The molecule has 5 heteroatoms. The Morgan fingerprint density at radius 2 is 1.63 bits per heavy atom. The zero-order valence-electron chi connectivity index (χ0n) is 18.1. The van der Waals surface area contributed by atoms with Crippen LogP contribution in [0.4, 0.5) is 0 Å². The van der Waals surface area contributed by atoms with Gasteiger partial charge in [0, 0.05) is 18.4 Å². The Labute approximate surface area is 179 Å². The number of aryl methyl sites for hydroxylation is 1. The van der Waals surface area contributed by atoms with Crippen molar-refractivity contribution in [1.82, 2.24) is 0 Å². The molecule has 0 radical (unpaired) electrons. The second kappa shape index (κ2) is 12.0. The van der Waals surface area contributed by atoms with Crippen molar-refractivity contribution >= 4 is 11.8 Å². The molecule has 5 nitrogen and oxygen atoms in total. The van der Waals surface area contributed by atoms with E-state index < -0.39 is 11.9 Å². The average molecular weight is 413 g/mol. The molecule has 0 saturated heterocycles. The van der Waals surface area contributed by atoms with Gasteiger partial charge in [0.2, 0.25) is 0 Å². The molecule has 0 bridgehead atoms. The molecular formula is C25H32O5. The summed E-state index contributed by atoms with van der Waals surface area (Å²) in [6, 6.07) is 13.2. The van der Waals surface area contributed by atoms with Crippen molar-refractivity contribution in [2.24, 2.45) is 5.92 Å². The van der Waals surface area contributed by atoms with Crippen LogP contribution in [0.3, 0.4) is 0 Å². The van der Waals surface area contributed by atoms with Crippen LogP contribution in [-0.4, -0.2) is 30.1 Å². The minimum Gasteiger partial charge on any atom is -0.493 e. The fourth-order valence-electron chi connectivity index (χ4n) is 3.31. The van der Waals surface area contributed by atoms with Gasteiger partial charge in [-0.25, -0.2) is 0 Å². The number of benzene rings is 2.